The zero-order valence-corrected chi connectivity index (χ0v) is 10.6. The van der Waals surface area contributed by atoms with Crippen molar-refractivity contribution in [2.75, 3.05) is 0 Å². The van der Waals surface area contributed by atoms with Crippen LogP contribution in [0.15, 0.2) is 54.6 Å². The zero-order valence-electron chi connectivity index (χ0n) is 9.78. The number of nitrogens with zero attached hydrogens (tertiary/aromatic N) is 1. The number of rotatable bonds is 3. The molecular weight excluding hydrogens is 262 g/mol. The summed E-state index contributed by atoms with van der Waals surface area (Å²) in [5, 5.41) is 11.9. The molecule has 0 atom stereocenters. The standard InChI is InChI=1S/C14H9NO3S/c16-15(17)14-13(18-10-6-2-1-3-7-10)11-8-4-5-9-12(11)19-14/h1-9H. The highest BCUT2D eigenvalue weighted by Crippen LogP contribution is 2.45. The minimum Gasteiger partial charge on any atom is -0.448 e. The number of thiophene rings is 1. The molecule has 94 valence electrons. The van der Waals surface area contributed by atoms with Crippen molar-refractivity contribution < 1.29 is 9.66 Å². The summed E-state index contributed by atoms with van der Waals surface area (Å²) in [4.78, 5) is 10.7. The Kier molecular flexibility index (Phi) is 2.89. The largest absolute Gasteiger partial charge is 0.448 e. The van der Waals surface area contributed by atoms with E-state index in [0.29, 0.717) is 11.5 Å². The first kappa shape index (κ1) is 11.7. The maximum absolute atomic E-state index is 11.1. The summed E-state index contributed by atoms with van der Waals surface area (Å²) in [5.74, 6) is 0.908. The van der Waals surface area contributed by atoms with E-state index in [1.54, 1.807) is 12.1 Å². The highest BCUT2D eigenvalue weighted by atomic mass is 32.1. The van der Waals surface area contributed by atoms with Crippen LogP contribution in [-0.4, -0.2) is 4.92 Å². The van der Waals surface area contributed by atoms with Crippen molar-refractivity contribution in [2.24, 2.45) is 0 Å². The zero-order chi connectivity index (χ0) is 13.2. The van der Waals surface area contributed by atoms with E-state index in [1.807, 2.05) is 42.5 Å². The highest BCUT2D eigenvalue weighted by Gasteiger charge is 2.23. The molecule has 0 spiro atoms. The fourth-order valence-corrected chi connectivity index (χ4v) is 2.78. The first-order valence-corrected chi connectivity index (χ1v) is 6.46. The van der Waals surface area contributed by atoms with Crippen molar-refractivity contribution in [3.63, 3.8) is 0 Å². The van der Waals surface area contributed by atoms with Crippen molar-refractivity contribution in [1.29, 1.82) is 0 Å². The SMILES string of the molecule is O=[N+]([O-])c1sc2ccccc2c1Oc1ccccc1. The van der Waals surface area contributed by atoms with Gasteiger partial charge in [-0.1, -0.05) is 41.7 Å². The molecule has 0 amide bonds. The second kappa shape index (κ2) is 4.70. The average Bonchev–Trinajstić information content (AvgIpc) is 2.79. The van der Waals surface area contributed by atoms with Crippen LogP contribution in [0.2, 0.25) is 0 Å². The Morgan fingerprint density at radius 1 is 1.00 bits per heavy atom. The molecule has 0 saturated heterocycles. The normalized spacial score (nSPS) is 10.5. The highest BCUT2D eigenvalue weighted by molar-refractivity contribution is 7.22. The number of hydrogen-bond acceptors (Lipinski definition) is 4. The van der Waals surface area contributed by atoms with Crippen molar-refractivity contribution in [1.82, 2.24) is 0 Å². The van der Waals surface area contributed by atoms with Crippen LogP contribution >= 0.6 is 11.3 Å². The maximum atomic E-state index is 11.1. The molecule has 2 aromatic carbocycles. The fraction of sp³-hybridized carbons (Fsp3) is 0. The minimum atomic E-state index is -0.400. The Morgan fingerprint density at radius 3 is 2.42 bits per heavy atom. The van der Waals surface area contributed by atoms with E-state index in [-0.39, 0.29) is 5.00 Å². The van der Waals surface area contributed by atoms with Crippen LogP contribution in [0.5, 0.6) is 11.5 Å². The van der Waals surface area contributed by atoms with Gasteiger partial charge in [-0.3, -0.25) is 10.1 Å². The number of para-hydroxylation sites is 1. The summed E-state index contributed by atoms with van der Waals surface area (Å²) >= 11 is 1.13. The van der Waals surface area contributed by atoms with Gasteiger partial charge in [-0.15, -0.1) is 0 Å². The van der Waals surface area contributed by atoms with Gasteiger partial charge in [0.2, 0.25) is 5.75 Å². The fourth-order valence-electron chi connectivity index (χ4n) is 1.83. The molecule has 0 bridgehead atoms. The van der Waals surface area contributed by atoms with Crippen LogP contribution in [-0.2, 0) is 0 Å². The first-order chi connectivity index (χ1) is 9.25. The third-order valence-electron chi connectivity index (χ3n) is 2.66. The quantitative estimate of drug-likeness (QED) is 0.516. The molecule has 0 N–H and O–H groups in total. The molecule has 0 saturated carbocycles. The molecule has 4 nitrogen and oxygen atoms in total. The Morgan fingerprint density at radius 2 is 1.68 bits per heavy atom. The molecular formula is C14H9NO3S. The first-order valence-electron chi connectivity index (χ1n) is 5.64. The maximum Gasteiger partial charge on any atom is 0.367 e. The molecule has 0 aliphatic carbocycles. The molecule has 0 aliphatic rings. The smallest absolute Gasteiger partial charge is 0.367 e. The van der Waals surface area contributed by atoms with Crippen LogP contribution in [0.25, 0.3) is 10.1 Å². The Bertz CT molecular complexity index is 737. The summed E-state index contributed by atoms with van der Waals surface area (Å²) in [7, 11) is 0. The molecule has 5 heteroatoms. The van der Waals surface area contributed by atoms with E-state index >= 15 is 0 Å². The van der Waals surface area contributed by atoms with Gasteiger partial charge >= 0.3 is 5.00 Å². The molecule has 3 rings (SSSR count). The molecule has 0 fully saturated rings. The molecule has 3 aromatic rings. The number of benzene rings is 2. The predicted octanol–water partition coefficient (Wildman–Crippen LogP) is 4.60. The van der Waals surface area contributed by atoms with Crippen LogP contribution < -0.4 is 4.74 Å². The van der Waals surface area contributed by atoms with Crippen molar-refractivity contribution in [2.45, 2.75) is 0 Å². The third-order valence-corrected chi connectivity index (χ3v) is 3.77. The van der Waals surface area contributed by atoms with Crippen LogP contribution in [0.1, 0.15) is 0 Å². The molecule has 19 heavy (non-hydrogen) atoms. The number of hydrogen-bond donors (Lipinski definition) is 0. The summed E-state index contributed by atoms with van der Waals surface area (Å²) in [6.07, 6.45) is 0. The van der Waals surface area contributed by atoms with E-state index < -0.39 is 4.92 Å². The van der Waals surface area contributed by atoms with Crippen LogP contribution in [0.3, 0.4) is 0 Å². The lowest BCUT2D eigenvalue weighted by molar-refractivity contribution is -0.380. The number of fused-ring (bicyclic) bond motifs is 1. The molecule has 1 heterocycles. The topological polar surface area (TPSA) is 52.4 Å². The van der Waals surface area contributed by atoms with Gasteiger partial charge in [-0.25, -0.2) is 0 Å². The molecule has 1 aromatic heterocycles. The second-order valence-corrected chi connectivity index (χ2v) is 4.94. The predicted molar refractivity (Wildman–Crippen MR) is 75.0 cm³/mol. The van der Waals surface area contributed by atoms with Crippen molar-refractivity contribution in [3.05, 3.63) is 64.7 Å². The van der Waals surface area contributed by atoms with E-state index in [1.165, 1.54) is 0 Å². The van der Waals surface area contributed by atoms with Gasteiger partial charge < -0.3 is 4.74 Å². The lowest BCUT2D eigenvalue weighted by Gasteiger charge is -2.03. The molecule has 0 unspecified atom stereocenters. The average molecular weight is 271 g/mol. The second-order valence-electron chi connectivity index (χ2n) is 3.90. The molecule has 0 radical (unpaired) electrons. The van der Waals surface area contributed by atoms with Crippen molar-refractivity contribution >= 4 is 26.4 Å². The van der Waals surface area contributed by atoms with E-state index in [0.717, 1.165) is 21.4 Å². The van der Waals surface area contributed by atoms with Gasteiger partial charge in [0.25, 0.3) is 0 Å². The van der Waals surface area contributed by atoms with E-state index in [2.05, 4.69) is 0 Å². The lowest BCUT2D eigenvalue weighted by Crippen LogP contribution is -1.89. The van der Waals surface area contributed by atoms with Crippen LogP contribution in [0.4, 0.5) is 5.00 Å². The minimum absolute atomic E-state index is 0.0325. The molecule has 0 aliphatic heterocycles. The van der Waals surface area contributed by atoms with Crippen molar-refractivity contribution in [3.8, 4) is 11.5 Å². The summed E-state index contributed by atoms with van der Waals surface area (Å²) in [6.45, 7) is 0. The monoisotopic (exact) mass is 271 g/mol. The van der Waals surface area contributed by atoms with Gasteiger partial charge in [0.15, 0.2) is 0 Å². The van der Waals surface area contributed by atoms with Gasteiger partial charge in [-0.2, -0.15) is 0 Å². The third kappa shape index (κ3) is 2.15. The van der Waals surface area contributed by atoms with Gasteiger partial charge in [-0.05, 0) is 24.3 Å². The summed E-state index contributed by atoms with van der Waals surface area (Å²) in [6, 6.07) is 16.5. The van der Waals surface area contributed by atoms with Gasteiger partial charge in [0.1, 0.15) is 5.75 Å². The van der Waals surface area contributed by atoms with Crippen LogP contribution in [0, 0.1) is 10.1 Å². The Labute approximate surface area is 113 Å². The summed E-state index contributed by atoms with van der Waals surface area (Å²) < 4.78 is 6.54. The summed E-state index contributed by atoms with van der Waals surface area (Å²) in [5.41, 5.74) is 0. The van der Waals surface area contributed by atoms with E-state index in [9.17, 15) is 10.1 Å². The number of ether oxygens (including phenoxy) is 1. The number of nitro groups is 1. The lowest BCUT2D eigenvalue weighted by atomic mass is 10.2. The van der Waals surface area contributed by atoms with Gasteiger partial charge in [0, 0.05) is 10.1 Å². The van der Waals surface area contributed by atoms with E-state index in [4.69, 9.17) is 4.74 Å². The Balaban J connectivity index is 2.15. The Hall–Kier alpha value is -2.40. The van der Waals surface area contributed by atoms with Gasteiger partial charge in [0.05, 0.1) is 4.92 Å².